The van der Waals surface area contributed by atoms with E-state index in [9.17, 15) is 4.39 Å². The third kappa shape index (κ3) is 1.52. The van der Waals surface area contributed by atoms with Crippen LogP contribution in [0.4, 0.5) is 10.1 Å². The molecule has 0 radical (unpaired) electrons. The SMILES string of the molecule is Nc1ccc(F)cc1-n1nnc2ccccc21. The van der Waals surface area contributed by atoms with Gasteiger partial charge in [0.1, 0.15) is 11.3 Å². The van der Waals surface area contributed by atoms with Crippen molar-refractivity contribution in [2.75, 3.05) is 5.73 Å². The summed E-state index contributed by atoms with van der Waals surface area (Å²) in [5.41, 5.74) is 8.32. The van der Waals surface area contributed by atoms with Crippen molar-refractivity contribution in [3.8, 4) is 5.69 Å². The van der Waals surface area contributed by atoms with Gasteiger partial charge >= 0.3 is 0 Å². The monoisotopic (exact) mass is 228 g/mol. The minimum atomic E-state index is -0.353. The molecule has 0 spiro atoms. The molecule has 0 aliphatic rings. The summed E-state index contributed by atoms with van der Waals surface area (Å²) in [5.74, 6) is -0.353. The lowest BCUT2D eigenvalue weighted by molar-refractivity contribution is 0.625. The summed E-state index contributed by atoms with van der Waals surface area (Å²) in [6.45, 7) is 0. The average Bonchev–Trinajstić information content (AvgIpc) is 2.76. The Kier molecular flexibility index (Phi) is 2.04. The van der Waals surface area contributed by atoms with E-state index in [1.54, 1.807) is 0 Å². The number of anilines is 1. The van der Waals surface area contributed by atoms with Crippen LogP contribution in [0.3, 0.4) is 0 Å². The minimum Gasteiger partial charge on any atom is -0.397 e. The van der Waals surface area contributed by atoms with Crippen molar-refractivity contribution < 1.29 is 4.39 Å². The van der Waals surface area contributed by atoms with Crippen LogP contribution >= 0.6 is 0 Å². The van der Waals surface area contributed by atoms with Crippen LogP contribution in [0.25, 0.3) is 16.7 Å². The van der Waals surface area contributed by atoms with Crippen LogP contribution in [0.2, 0.25) is 0 Å². The topological polar surface area (TPSA) is 56.7 Å². The van der Waals surface area contributed by atoms with Gasteiger partial charge in [-0.2, -0.15) is 0 Å². The van der Waals surface area contributed by atoms with Crippen LogP contribution in [-0.2, 0) is 0 Å². The Bertz CT molecular complexity index is 690. The Hall–Kier alpha value is -2.43. The first kappa shape index (κ1) is 9.77. The van der Waals surface area contributed by atoms with Crippen LogP contribution in [0.5, 0.6) is 0 Å². The number of nitrogens with zero attached hydrogens (tertiary/aromatic N) is 3. The fraction of sp³-hybridized carbons (Fsp3) is 0. The van der Waals surface area contributed by atoms with Crippen molar-refractivity contribution in [3.05, 3.63) is 48.3 Å². The standard InChI is InChI=1S/C12H9FN4/c13-8-5-6-9(14)12(7-8)17-11-4-2-1-3-10(11)15-16-17/h1-7H,14H2. The largest absolute Gasteiger partial charge is 0.397 e. The number of fused-ring (bicyclic) bond motifs is 1. The number of rotatable bonds is 1. The molecule has 3 rings (SSSR count). The summed E-state index contributed by atoms with van der Waals surface area (Å²) in [5, 5.41) is 7.99. The van der Waals surface area contributed by atoms with Crippen molar-refractivity contribution in [3.63, 3.8) is 0 Å². The molecule has 2 aromatic carbocycles. The molecule has 0 fully saturated rings. The maximum atomic E-state index is 13.2. The second-order valence-corrected chi connectivity index (χ2v) is 3.69. The Morgan fingerprint density at radius 1 is 1.12 bits per heavy atom. The van der Waals surface area contributed by atoms with Gasteiger partial charge in [0.2, 0.25) is 0 Å². The van der Waals surface area contributed by atoms with Crippen molar-refractivity contribution in [1.29, 1.82) is 0 Å². The average molecular weight is 228 g/mol. The zero-order valence-electron chi connectivity index (χ0n) is 8.84. The van der Waals surface area contributed by atoms with Gasteiger partial charge in [-0.3, -0.25) is 0 Å². The fourth-order valence-electron chi connectivity index (χ4n) is 1.75. The molecule has 4 nitrogen and oxygen atoms in total. The van der Waals surface area contributed by atoms with Crippen LogP contribution in [0.15, 0.2) is 42.5 Å². The number of nitrogens with two attached hydrogens (primary N) is 1. The van der Waals surface area contributed by atoms with E-state index in [1.165, 1.54) is 22.9 Å². The first-order valence-electron chi connectivity index (χ1n) is 5.11. The van der Waals surface area contributed by atoms with E-state index in [1.807, 2.05) is 24.3 Å². The summed E-state index contributed by atoms with van der Waals surface area (Å²) >= 11 is 0. The molecule has 0 atom stereocenters. The molecule has 17 heavy (non-hydrogen) atoms. The summed E-state index contributed by atoms with van der Waals surface area (Å²) < 4.78 is 14.8. The number of halogens is 1. The number of aromatic nitrogens is 3. The first-order valence-corrected chi connectivity index (χ1v) is 5.11. The quantitative estimate of drug-likeness (QED) is 0.649. The van der Waals surface area contributed by atoms with E-state index in [0.717, 1.165) is 11.0 Å². The molecule has 0 aliphatic carbocycles. The summed E-state index contributed by atoms with van der Waals surface area (Å²) in [6.07, 6.45) is 0. The molecule has 1 heterocycles. The Balaban J connectivity index is 2.31. The van der Waals surface area contributed by atoms with Crippen molar-refractivity contribution in [2.24, 2.45) is 0 Å². The van der Waals surface area contributed by atoms with Gasteiger partial charge in [0, 0.05) is 6.07 Å². The van der Waals surface area contributed by atoms with Gasteiger partial charge in [-0.25, -0.2) is 9.07 Å². The molecule has 0 aliphatic heterocycles. The lowest BCUT2D eigenvalue weighted by Gasteiger charge is -2.05. The molecule has 0 amide bonds. The van der Waals surface area contributed by atoms with E-state index in [-0.39, 0.29) is 5.82 Å². The molecule has 0 unspecified atom stereocenters. The van der Waals surface area contributed by atoms with E-state index in [4.69, 9.17) is 5.73 Å². The maximum Gasteiger partial charge on any atom is 0.125 e. The third-order valence-corrected chi connectivity index (χ3v) is 2.57. The van der Waals surface area contributed by atoms with Gasteiger partial charge in [0.25, 0.3) is 0 Å². The van der Waals surface area contributed by atoms with Crippen molar-refractivity contribution in [1.82, 2.24) is 15.0 Å². The van der Waals surface area contributed by atoms with Crippen LogP contribution in [-0.4, -0.2) is 15.0 Å². The molecule has 0 saturated heterocycles. The summed E-state index contributed by atoms with van der Waals surface area (Å²) in [6, 6.07) is 11.6. The number of benzene rings is 2. The van der Waals surface area contributed by atoms with E-state index >= 15 is 0 Å². The predicted molar refractivity (Wildman–Crippen MR) is 63.2 cm³/mol. The lowest BCUT2D eigenvalue weighted by Crippen LogP contribution is -2.02. The Labute approximate surface area is 96.5 Å². The molecule has 84 valence electrons. The molecule has 2 N–H and O–H groups in total. The zero-order valence-corrected chi connectivity index (χ0v) is 8.84. The molecule has 3 aromatic rings. The normalized spacial score (nSPS) is 10.9. The van der Waals surface area contributed by atoms with Gasteiger partial charge in [-0.05, 0) is 24.3 Å². The maximum absolute atomic E-state index is 13.2. The highest BCUT2D eigenvalue weighted by Crippen LogP contribution is 2.21. The van der Waals surface area contributed by atoms with Crippen LogP contribution in [0, 0.1) is 5.82 Å². The Morgan fingerprint density at radius 3 is 2.82 bits per heavy atom. The van der Waals surface area contributed by atoms with E-state index in [2.05, 4.69) is 10.3 Å². The second kappa shape index (κ2) is 3.55. The highest BCUT2D eigenvalue weighted by atomic mass is 19.1. The number of hydrogen-bond donors (Lipinski definition) is 1. The van der Waals surface area contributed by atoms with Crippen molar-refractivity contribution >= 4 is 16.7 Å². The van der Waals surface area contributed by atoms with E-state index < -0.39 is 0 Å². The fourth-order valence-corrected chi connectivity index (χ4v) is 1.75. The number of hydrogen-bond acceptors (Lipinski definition) is 3. The summed E-state index contributed by atoms with van der Waals surface area (Å²) in [4.78, 5) is 0. The first-order chi connectivity index (χ1) is 8.25. The van der Waals surface area contributed by atoms with E-state index in [0.29, 0.717) is 11.4 Å². The second-order valence-electron chi connectivity index (χ2n) is 3.69. The number of para-hydroxylation sites is 1. The molecular weight excluding hydrogens is 219 g/mol. The van der Waals surface area contributed by atoms with Gasteiger partial charge < -0.3 is 5.73 Å². The highest BCUT2D eigenvalue weighted by molar-refractivity contribution is 5.77. The molecule has 1 aromatic heterocycles. The van der Waals surface area contributed by atoms with Crippen LogP contribution in [0.1, 0.15) is 0 Å². The minimum absolute atomic E-state index is 0.353. The molecule has 0 bridgehead atoms. The predicted octanol–water partition coefficient (Wildman–Crippen LogP) is 2.14. The van der Waals surface area contributed by atoms with Gasteiger partial charge in [-0.15, -0.1) is 5.10 Å². The van der Waals surface area contributed by atoms with Gasteiger partial charge in [-0.1, -0.05) is 17.3 Å². The van der Waals surface area contributed by atoms with Crippen molar-refractivity contribution in [2.45, 2.75) is 0 Å². The molecule has 5 heteroatoms. The molecule has 0 saturated carbocycles. The lowest BCUT2D eigenvalue weighted by atomic mass is 10.2. The Morgan fingerprint density at radius 2 is 1.94 bits per heavy atom. The number of nitrogen functional groups attached to an aromatic ring is 1. The summed E-state index contributed by atoms with van der Waals surface area (Å²) in [7, 11) is 0. The third-order valence-electron chi connectivity index (χ3n) is 2.57. The highest BCUT2D eigenvalue weighted by Gasteiger charge is 2.09. The van der Waals surface area contributed by atoms with Gasteiger partial charge in [0.05, 0.1) is 16.9 Å². The van der Waals surface area contributed by atoms with Crippen LogP contribution < -0.4 is 5.73 Å². The smallest absolute Gasteiger partial charge is 0.125 e. The zero-order chi connectivity index (χ0) is 11.8. The van der Waals surface area contributed by atoms with Gasteiger partial charge in [0.15, 0.2) is 0 Å². The molecular formula is C12H9FN4.